The Morgan fingerprint density at radius 2 is 2.00 bits per heavy atom. The molecule has 2 aliphatic rings. The lowest BCUT2D eigenvalue weighted by Crippen LogP contribution is -2.45. The molecule has 10 heteroatoms. The maximum atomic E-state index is 14.2. The monoisotopic (exact) mass is 482 g/mol. The molecule has 0 fully saturated rings. The molecule has 7 nitrogen and oxygen atoms in total. The van der Waals surface area contributed by atoms with Crippen molar-refractivity contribution in [2.75, 3.05) is 11.4 Å². The SMILES string of the molecule is Cc1ncccc1CN1C(=O)[C@@H](C)Oc2c(C(F)(F)F)cc(-c3ccc4c(c3)C(=O)NCC4)nc21. The van der Waals surface area contributed by atoms with Crippen LogP contribution in [0.15, 0.2) is 42.6 Å². The van der Waals surface area contributed by atoms with Crippen LogP contribution in [0.4, 0.5) is 19.0 Å². The average molecular weight is 482 g/mol. The minimum atomic E-state index is -4.76. The van der Waals surface area contributed by atoms with Crippen LogP contribution in [0.1, 0.15) is 39.7 Å². The summed E-state index contributed by atoms with van der Waals surface area (Å²) >= 11 is 0. The van der Waals surface area contributed by atoms with Crippen molar-refractivity contribution in [2.45, 2.75) is 39.1 Å². The lowest BCUT2D eigenvalue weighted by atomic mass is 9.96. The number of nitrogens with one attached hydrogen (secondary N) is 1. The molecule has 35 heavy (non-hydrogen) atoms. The number of amides is 2. The molecule has 0 spiro atoms. The number of fused-ring (bicyclic) bond motifs is 2. The molecular formula is C25H21F3N4O3. The number of carbonyl (C=O) groups is 2. The van der Waals surface area contributed by atoms with Gasteiger partial charge in [-0.15, -0.1) is 0 Å². The lowest BCUT2D eigenvalue weighted by Gasteiger charge is -2.34. The van der Waals surface area contributed by atoms with Gasteiger partial charge >= 0.3 is 6.18 Å². The smallest absolute Gasteiger partial charge is 0.420 e. The number of aromatic nitrogens is 2. The predicted molar refractivity (Wildman–Crippen MR) is 121 cm³/mol. The van der Waals surface area contributed by atoms with Crippen LogP contribution in [0.2, 0.25) is 0 Å². The van der Waals surface area contributed by atoms with Crippen LogP contribution in [0.5, 0.6) is 5.75 Å². The van der Waals surface area contributed by atoms with Crippen molar-refractivity contribution in [3.05, 3.63) is 70.5 Å². The maximum Gasteiger partial charge on any atom is 0.420 e. The van der Waals surface area contributed by atoms with Gasteiger partial charge in [0.15, 0.2) is 17.7 Å². The highest BCUT2D eigenvalue weighted by atomic mass is 19.4. The average Bonchev–Trinajstić information content (AvgIpc) is 2.82. The van der Waals surface area contributed by atoms with Crippen LogP contribution in [0, 0.1) is 6.92 Å². The standard InChI is InChI=1S/C25H21F3N4O3/c1-13-17(4-3-8-29-13)12-32-22-21(35-14(2)24(32)34)19(25(26,27)28)11-20(31-22)16-6-5-15-7-9-30-23(33)18(15)10-16/h3-6,8,10-11,14H,7,9,12H2,1-2H3,(H,30,33)/t14-/m1/s1. The minimum absolute atomic E-state index is 0.0143. The molecule has 1 aromatic carbocycles. The summed E-state index contributed by atoms with van der Waals surface area (Å²) in [6, 6.07) is 9.24. The van der Waals surface area contributed by atoms with Crippen LogP contribution < -0.4 is 15.0 Å². The number of hydrogen-bond donors (Lipinski definition) is 1. The summed E-state index contributed by atoms with van der Waals surface area (Å²) in [5, 5.41) is 2.73. The van der Waals surface area contributed by atoms with E-state index in [4.69, 9.17) is 4.74 Å². The Hall–Kier alpha value is -3.95. The molecule has 0 saturated carbocycles. The molecule has 180 valence electrons. The first kappa shape index (κ1) is 22.8. The second-order valence-corrected chi connectivity index (χ2v) is 8.52. The fourth-order valence-corrected chi connectivity index (χ4v) is 4.31. The summed E-state index contributed by atoms with van der Waals surface area (Å²) in [5.74, 6) is -1.51. The number of pyridine rings is 2. The summed E-state index contributed by atoms with van der Waals surface area (Å²) in [4.78, 5) is 35.2. The van der Waals surface area contributed by atoms with Gasteiger partial charge in [-0.1, -0.05) is 18.2 Å². The highest BCUT2D eigenvalue weighted by molar-refractivity contribution is 6.00. The van der Waals surface area contributed by atoms with Crippen molar-refractivity contribution in [2.24, 2.45) is 0 Å². The molecule has 0 saturated heterocycles. The fraction of sp³-hybridized carbons (Fsp3) is 0.280. The summed E-state index contributed by atoms with van der Waals surface area (Å²) < 4.78 is 47.9. The molecule has 4 heterocycles. The zero-order valence-corrected chi connectivity index (χ0v) is 18.9. The van der Waals surface area contributed by atoms with E-state index >= 15 is 0 Å². The Labute approximate surface area is 199 Å². The van der Waals surface area contributed by atoms with E-state index in [9.17, 15) is 22.8 Å². The molecule has 0 aliphatic carbocycles. The Kier molecular flexibility index (Phi) is 5.46. The van der Waals surface area contributed by atoms with Crippen LogP contribution in [0.3, 0.4) is 0 Å². The van der Waals surface area contributed by atoms with Crippen molar-refractivity contribution in [1.29, 1.82) is 0 Å². The number of hydrogen-bond acceptors (Lipinski definition) is 5. The highest BCUT2D eigenvalue weighted by Gasteiger charge is 2.43. The zero-order valence-electron chi connectivity index (χ0n) is 18.9. The van der Waals surface area contributed by atoms with Gasteiger partial charge in [0.2, 0.25) is 0 Å². The third-order valence-corrected chi connectivity index (χ3v) is 6.20. The largest absolute Gasteiger partial charge is 0.476 e. The zero-order chi connectivity index (χ0) is 24.9. The van der Waals surface area contributed by atoms with Gasteiger partial charge in [-0.25, -0.2) is 4.98 Å². The Bertz CT molecular complexity index is 1360. The summed E-state index contributed by atoms with van der Waals surface area (Å²) in [7, 11) is 0. The quantitative estimate of drug-likeness (QED) is 0.609. The number of halogens is 3. The first-order valence-electron chi connectivity index (χ1n) is 11.1. The molecule has 5 rings (SSSR count). The van der Waals surface area contributed by atoms with Gasteiger partial charge in [-0.2, -0.15) is 13.2 Å². The lowest BCUT2D eigenvalue weighted by molar-refractivity contribution is -0.141. The summed E-state index contributed by atoms with van der Waals surface area (Å²) in [6.45, 7) is 3.65. The normalized spacial score (nSPS) is 17.4. The van der Waals surface area contributed by atoms with Gasteiger partial charge in [0.1, 0.15) is 5.56 Å². The second kappa shape index (κ2) is 8.37. The number of carbonyl (C=O) groups excluding carboxylic acids is 2. The first-order chi connectivity index (χ1) is 16.6. The van der Waals surface area contributed by atoms with E-state index in [1.165, 1.54) is 17.9 Å². The van der Waals surface area contributed by atoms with E-state index < -0.39 is 29.5 Å². The van der Waals surface area contributed by atoms with E-state index in [0.717, 1.165) is 11.6 Å². The topological polar surface area (TPSA) is 84.4 Å². The van der Waals surface area contributed by atoms with Gasteiger partial charge in [0.05, 0.1) is 12.2 Å². The molecule has 0 unspecified atom stereocenters. The molecule has 2 aromatic heterocycles. The molecule has 1 N–H and O–H groups in total. The minimum Gasteiger partial charge on any atom is -0.476 e. The number of nitrogens with zero attached hydrogens (tertiary/aromatic N) is 3. The Balaban J connectivity index is 1.69. The van der Waals surface area contributed by atoms with E-state index in [0.29, 0.717) is 35.3 Å². The van der Waals surface area contributed by atoms with Gasteiger partial charge in [-0.3, -0.25) is 19.5 Å². The maximum absolute atomic E-state index is 14.2. The fourth-order valence-electron chi connectivity index (χ4n) is 4.31. The molecule has 0 bridgehead atoms. The molecule has 2 amide bonds. The van der Waals surface area contributed by atoms with Crippen molar-refractivity contribution >= 4 is 17.6 Å². The highest BCUT2D eigenvalue weighted by Crippen LogP contribution is 2.46. The van der Waals surface area contributed by atoms with Crippen molar-refractivity contribution < 1.29 is 27.5 Å². The summed E-state index contributed by atoms with van der Waals surface area (Å²) in [5.41, 5.74) is 1.81. The van der Waals surface area contributed by atoms with E-state index in [-0.39, 0.29) is 24.0 Å². The molecule has 3 aromatic rings. The van der Waals surface area contributed by atoms with Gasteiger partial charge in [-0.05, 0) is 49.6 Å². The Morgan fingerprint density at radius 3 is 2.74 bits per heavy atom. The van der Waals surface area contributed by atoms with E-state index in [1.54, 1.807) is 37.4 Å². The van der Waals surface area contributed by atoms with Crippen molar-refractivity contribution in [1.82, 2.24) is 15.3 Å². The van der Waals surface area contributed by atoms with Crippen LogP contribution in [-0.4, -0.2) is 34.4 Å². The number of alkyl halides is 3. The van der Waals surface area contributed by atoms with Crippen LogP contribution >= 0.6 is 0 Å². The van der Waals surface area contributed by atoms with Crippen LogP contribution in [0.25, 0.3) is 11.3 Å². The third-order valence-electron chi connectivity index (χ3n) is 6.20. The van der Waals surface area contributed by atoms with Gasteiger partial charge < -0.3 is 10.1 Å². The number of rotatable bonds is 3. The second-order valence-electron chi connectivity index (χ2n) is 8.52. The van der Waals surface area contributed by atoms with Gasteiger partial charge in [0, 0.05) is 29.6 Å². The Morgan fingerprint density at radius 1 is 1.20 bits per heavy atom. The first-order valence-corrected chi connectivity index (χ1v) is 11.1. The predicted octanol–water partition coefficient (Wildman–Crippen LogP) is 4.07. The number of anilines is 1. The van der Waals surface area contributed by atoms with E-state index in [1.807, 2.05) is 0 Å². The molecular weight excluding hydrogens is 461 g/mol. The van der Waals surface area contributed by atoms with Crippen LogP contribution in [-0.2, 0) is 23.9 Å². The molecule has 0 radical (unpaired) electrons. The summed E-state index contributed by atoms with van der Waals surface area (Å²) in [6.07, 6.45) is -3.66. The van der Waals surface area contributed by atoms with Gasteiger partial charge in [0.25, 0.3) is 11.8 Å². The number of aryl methyl sites for hydroxylation is 1. The number of benzene rings is 1. The van der Waals surface area contributed by atoms with E-state index in [2.05, 4.69) is 15.3 Å². The molecule has 2 aliphatic heterocycles. The third kappa shape index (κ3) is 4.09. The van der Waals surface area contributed by atoms with Crippen molar-refractivity contribution in [3.63, 3.8) is 0 Å². The molecule has 1 atom stereocenters. The number of ether oxygens (including phenoxy) is 1. The van der Waals surface area contributed by atoms with Crippen molar-refractivity contribution in [3.8, 4) is 17.0 Å².